The van der Waals surface area contributed by atoms with E-state index in [2.05, 4.69) is 19.2 Å². The number of carbonyl (C=O) groups is 2. The topological polar surface area (TPSA) is 78.9 Å². The lowest BCUT2D eigenvalue weighted by Crippen LogP contribution is -2.53. The summed E-state index contributed by atoms with van der Waals surface area (Å²) in [5.41, 5.74) is 0. The number of morpholine rings is 1. The van der Waals surface area contributed by atoms with Gasteiger partial charge in [-0.05, 0) is 19.3 Å². The van der Waals surface area contributed by atoms with Gasteiger partial charge in [0.25, 0.3) is 0 Å². The zero-order valence-corrected chi connectivity index (χ0v) is 13.3. The molecule has 0 bridgehead atoms. The van der Waals surface area contributed by atoms with E-state index >= 15 is 0 Å². The third-order valence-electron chi connectivity index (χ3n) is 3.70. The number of rotatable bonds is 8. The van der Waals surface area contributed by atoms with Gasteiger partial charge < -0.3 is 15.2 Å². The van der Waals surface area contributed by atoms with Gasteiger partial charge in [0.05, 0.1) is 19.8 Å². The first-order valence-electron chi connectivity index (χ1n) is 7.74. The highest BCUT2D eigenvalue weighted by atomic mass is 16.5. The quantitative estimate of drug-likeness (QED) is 0.702. The van der Waals surface area contributed by atoms with Crippen LogP contribution in [0.15, 0.2) is 0 Å². The lowest BCUT2D eigenvalue weighted by Gasteiger charge is -2.32. The number of nitrogens with zero attached hydrogens (tertiary/aromatic N) is 1. The molecule has 0 saturated carbocycles. The van der Waals surface area contributed by atoms with Gasteiger partial charge in [-0.1, -0.05) is 26.7 Å². The molecule has 2 atom stereocenters. The van der Waals surface area contributed by atoms with Crippen molar-refractivity contribution in [2.75, 3.05) is 26.3 Å². The Hall–Kier alpha value is -1.14. The van der Waals surface area contributed by atoms with Crippen molar-refractivity contribution >= 4 is 11.9 Å². The van der Waals surface area contributed by atoms with Crippen LogP contribution in [0, 0.1) is 5.92 Å². The number of carboxylic acids is 1. The molecule has 1 fully saturated rings. The van der Waals surface area contributed by atoms with E-state index in [1.54, 1.807) is 4.90 Å². The molecule has 0 aliphatic carbocycles. The summed E-state index contributed by atoms with van der Waals surface area (Å²) in [5.74, 6) is -0.370. The Morgan fingerprint density at radius 1 is 1.33 bits per heavy atom. The van der Waals surface area contributed by atoms with Crippen LogP contribution in [0.5, 0.6) is 0 Å². The Morgan fingerprint density at radius 2 is 2.05 bits per heavy atom. The SMILES string of the molecule is CC(C)CCCC(C)NC(=O)CN1CCOCC1C(=O)O. The number of nitrogens with one attached hydrogen (secondary N) is 1. The Bertz CT molecular complexity index is 347. The Morgan fingerprint density at radius 3 is 2.67 bits per heavy atom. The maximum atomic E-state index is 12.0. The normalized spacial score (nSPS) is 21.2. The van der Waals surface area contributed by atoms with Crippen molar-refractivity contribution in [3.8, 4) is 0 Å². The number of carbonyl (C=O) groups excluding carboxylic acids is 1. The van der Waals surface area contributed by atoms with E-state index in [-0.39, 0.29) is 25.1 Å². The van der Waals surface area contributed by atoms with Crippen LogP contribution in [-0.4, -0.2) is 60.3 Å². The monoisotopic (exact) mass is 300 g/mol. The predicted molar refractivity (Wildman–Crippen MR) is 80.1 cm³/mol. The average Bonchev–Trinajstić information content (AvgIpc) is 2.38. The van der Waals surface area contributed by atoms with Gasteiger partial charge in [-0.2, -0.15) is 0 Å². The fourth-order valence-electron chi connectivity index (χ4n) is 2.46. The predicted octanol–water partition coefficient (Wildman–Crippen LogP) is 1.10. The van der Waals surface area contributed by atoms with Crippen LogP contribution in [0.4, 0.5) is 0 Å². The van der Waals surface area contributed by atoms with Gasteiger partial charge in [-0.3, -0.25) is 14.5 Å². The largest absolute Gasteiger partial charge is 0.480 e. The van der Waals surface area contributed by atoms with E-state index in [0.717, 1.165) is 19.3 Å². The molecule has 0 aromatic rings. The second-order valence-electron chi connectivity index (χ2n) is 6.19. The Labute approximate surface area is 126 Å². The summed E-state index contributed by atoms with van der Waals surface area (Å²) < 4.78 is 5.16. The summed E-state index contributed by atoms with van der Waals surface area (Å²) in [6, 6.07) is -0.596. The number of amides is 1. The molecule has 0 radical (unpaired) electrons. The smallest absolute Gasteiger partial charge is 0.323 e. The molecule has 2 unspecified atom stereocenters. The van der Waals surface area contributed by atoms with E-state index in [1.807, 2.05) is 6.92 Å². The van der Waals surface area contributed by atoms with E-state index in [9.17, 15) is 9.59 Å². The van der Waals surface area contributed by atoms with Gasteiger partial charge in [0.15, 0.2) is 0 Å². The molecule has 1 rings (SSSR count). The average molecular weight is 300 g/mol. The standard InChI is InChI=1S/C15H28N2O4/c1-11(2)5-4-6-12(3)16-14(18)9-17-7-8-21-10-13(17)15(19)20/h11-13H,4-10H2,1-3H3,(H,16,18)(H,19,20). The first-order chi connectivity index (χ1) is 9.90. The number of aliphatic carboxylic acids is 1. The van der Waals surface area contributed by atoms with Crippen LogP contribution in [-0.2, 0) is 14.3 Å². The molecule has 0 aromatic heterocycles. The third kappa shape index (κ3) is 6.91. The Kier molecular flexibility index (Phi) is 7.67. The van der Waals surface area contributed by atoms with Crippen molar-refractivity contribution in [1.82, 2.24) is 10.2 Å². The highest BCUT2D eigenvalue weighted by molar-refractivity contribution is 5.80. The summed E-state index contributed by atoms with van der Waals surface area (Å²) in [5, 5.41) is 12.1. The summed E-state index contributed by atoms with van der Waals surface area (Å²) in [4.78, 5) is 24.8. The molecule has 1 aliphatic rings. The zero-order chi connectivity index (χ0) is 15.8. The van der Waals surface area contributed by atoms with Crippen LogP contribution in [0.1, 0.15) is 40.0 Å². The van der Waals surface area contributed by atoms with Gasteiger partial charge in [-0.15, -0.1) is 0 Å². The molecule has 122 valence electrons. The lowest BCUT2D eigenvalue weighted by atomic mass is 10.0. The van der Waals surface area contributed by atoms with Crippen LogP contribution in [0.3, 0.4) is 0 Å². The Balaban J connectivity index is 2.32. The van der Waals surface area contributed by atoms with E-state index in [0.29, 0.717) is 19.1 Å². The second-order valence-corrected chi connectivity index (χ2v) is 6.19. The molecule has 2 N–H and O–H groups in total. The highest BCUT2D eigenvalue weighted by Gasteiger charge is 2.30. The van der Waals surface area contributed by atoms with Crippen LogP contribution >= 0.6 is 0 Å². The minimum Gasteiger partial charge on any atom is -0.480 e. The molecule has 21 heavy (non-hydrogen) atoms. The fourth-order valence-corrected chi connectivity index (χ4v) is 2.46. The van der Waals surface area contributed by atoms with Gasteiger partial charge in [0.1, 0.15) is 6.04 Å². The third-order valence-corrected chi connectivity index (χ3v) is 3.70. The number of hydrogen-bond acceptors (Lipinski definition) is 4. The first kappa shape index (κ1) is 17.9. The second kappa shape index (κ2) is 9.00. The van der Waals surface area contributed by atoms with Gasteiger partial charge in [0.2, 0.25) is 5.91 Å². The van der Waals surface area contributed by atoms with Crippen LogP contribution in [0.2, 0.25) is 0 Å². The van der Waals surface area contributed by atoms with E-state index in [4.69, 9.17) is 9.84 Å². The van der Waals surface area contributed by atoms with Gasteiger partial charge in [0, 0.05) is 12.6 Å². The minimum atomic E-state index is -0.938. The molecule has 0 aromatic carbocycles. The van der Waals surface area contributed by atoms with Crippen molar-refractivity contribution in [3.63, 3.8) is 0 Å². The molecule has 1 saturated heterocycles. The molecule has 1 amide bonds. The summed E-state index contributed by atoms with van der Waals surface area (Å²) in [6.07, 6.45) is 3.20. The van der Waals surface area contributed by atoms with Crippen LogP contribution < -0.4 is 5.32 Å². The van der Waals surface area contributed by atoms with Crippen molar-refractivity contribution < 1.29 is 19.4 Å². The molecular weight excluding hydrogens is 272 g/mol. The first-order valence-corrected chi connectivity index (χ1v) is 7.74. The molecule has 6 nitrogen and oxygen atoms in total. The molecule has 6 heteroatoms. The van der Waals surface area contributed by atoms with E-state index in [1.165, 1.54) is 0 Å². The van der Waals surface area contributed by atoms with Crippen molar-refractivity contribution in [2.45, 2.75) is 52.1 Å². The molecule has 1 heterocycles. The van der Waals surface area contributed by atoms with E-state index < -0.39 is 12.0 Å². The van der Waals surface area contributed by atoms with Gasteiger partial charge >= 0.3 is 5.97 Å². The molecule has 0 spiro atoms. The zero-order valence-electron chi connectivity index (χ0n) is 13.3. The van der Waals surface area contributed by atoms with Crippen molar-refractivity contribution in [1.29, 1.82) is 0 Å². The summed E-state index contributed by atoms with van der Waals surface area (Å²) >= 11 is 0. The number of hydrogen-bond donors (Lipinski definition) is 2. The van der Waals surface area contributed by atoms with Crippen LogP contribution in [0.25, 0.3) is 0 Å². The number of carboxylic acid groups (broad SMARTS) is 1. The number of ether oxygens (including phenoxy) is 1. The maximum absolute atomic E-state index is 12.0. The summed E-state index contributed by atoms with van der Waals surface area (Å²) in [6.45, 7) is 7.59. The minimum absolute atomic E-state index is 0.111. The molecular formula is C15H28N2O4. The summed E-state index contributed by atoms with van der Waals surface area (Å²) in [7, 11) is 0. The lowest BCUT2D eigenvalue weighted by molar-refractivity contribution is -0.150. The highest BCUT2D eigenvalue weighted by Crippen LogP contribution is 2.09. The maximum Gasteiger partial charge on any atom is 0.323 e. The van der Waals surface area contributed by atoms with Crippen molar-refractivity contribution in [3.05, 3.63) is 0 Å². The molecule has 1 aliphatic heterocycles. The van der Waals surface area contributed by atoms with Gasteiger partial charge in [-0.25, -0.2) is 0 Å². The van der Waals surface area contributed by atoms with Crippen molar-refractivity contribution in [2.24, 2.45) is 5.92 Å². The fraction of sp³-hybridized carbons (Fsp3) is 0.867.